The smallest absolute Gasteiger partial charge is 0.270 e. The Kier molecular flexibility index (Phi) is 6.17. The van der Waals surface area contributed by atoms with Crippen molar-refractivity contribution in [2.75, 3.05) is 77.5 Å². The van der Waals surface area contributed by atoms with E-state index in [1.165, 1.54) is 0 Å². The molecule has 0 saturated carbocycles. The maximum absolute atomic E-state index is 12.5. The average Bonchev–Trinajstić information content (AvgIpc) is 2.62. The minimum atomic E-state index is -0.130. The number of rotatable bonds is 5. The standard InChI is InChI=1S/C17H28N6O2/c1-14-13-15(16(24)18-3-4-22-9-11-25-12-10-22)20-17(19-14)23-7-5-21(2)6-8-23/h13H,3-12H2,1-2H3,(H,18,24). The third kappa shape index (κ3) is 5.10. The molecule has 1 amide bonds. The van der Waals surface area contributed by atoms with Crippen molar-refractivity contribution < 1.29 is 9.53 Å². The fraction of sp³-hybridized carbons (Fsp3) is 0.706. The third-order valence-corrected chi connectivity index (χ3v) is 4.68. The fourth-order valence-corrected chi connectivity index (χ4v) is 3.06. The van der Waals surface area contributed by atoms with Gasteiger partial charge in [-0.1, -0.05) is 0 Å². The first-order valence-electron chi connectivity index (χ1n) is 8.99. The van der Waals surface area contributed by atoms with Gasteiger partial charge in [0.2, 0.25) is 5.95 Å². The van der Waals surface area contributed by atoms with Gasteiger partial charge in [0, 0.05) is 58.1 Å². The summed E-state index contributed by atoms with van der Waals surface area (Å²) in [4.78, 5) is 28.2. The molecule has 0 spiro atoms. The van der Waals surface area contributed by atoms with E-state index in [-0.39, 0.29) is 5.91 Å². The Bertz CT molecular complexity index is 583. The van der Waals surface area contributed by atoms with Crippen molar-refractivity contribution in [1.29, 1.82) is 0 Å². The maximum Gasteiger partial charge on any atom is 0.270 e. The molecule has 0 unspecified atom stereocenters. The summed E-state index contributed by atoms with van der Waals surface area (Å²) in [5, 5.41) is 2.97. The van der Waals surface area contributed by atoms with Crippen LogP contribution in [0.4, 0.5) is 5.95 Å². The Labute approximate surface area is 149 Å². The summed E-state index contributed by atoms with van der Waals surface area (Å²) in [6.45, 7) is 10.5. The van der Waals surface area contributed by atoms with Crippen LogP contribution in [0.5, 0.6) is 0 Å². The number of carbonyl (C=O) groups excluding carboxylic acids is 1. The molecule has 0 atom stereocenters. The van der Waals surface area contributed by atoms with Crippen molar-refractivity contribution in [1.82, 2.24) is 25.1 Å². The van der Waals surface area contributed by atoms with Gasteiger partial charge in [-0.05, 0) is 20.0 Å². The van der Waals surface area contributed by atoms with Crippen molar-refractivity contribution in [3.05, 3.63) is 17.5 Å². The van der Waals surface area contributed by atoms with Crippen molar-refractivity contribution in [3.63, 3.8) is 0 Å². The van der Waals surface area contributed by atoms with Crippen LogP contribution in [0.15, 0.2) is 6.07 Å². The third-order valence-electron chi connectivity index (χ3n) is 4.68. The number of nitrogens with one attached hydrogen (secondary N) is 1. The number of ether oxygens (including phenoxy) is 1. The normalized spacial score (nSPS) is 19.8. The first-order chi connectivity index (χ1) is 12.1. The summed E-state index contributed by atoms with van der Waals surface area (Å²) < 4.78 is 5.33. The van der Waals surface area contributed by atoms with Crippen LogP contribution in [0, 0.1) is 6.92 Å². The molecule has 8 nitrogen and oxygen atoms in total. The highest BCUT2D eigenvalue weighted by Gasteiger charge is 2.19. The van der Waals surface area contributed by atoms with E-state index in [1.807, 2.05) is 6.92 Å². The molecule has 0 bridgehead atoms. The summed E-state index contributed by atoms with van der Waals surface area (Å²) in [5.74, 6) is 0.528. The van der Waals surface area contributed by atoms with Gasteiger partial charge in [0.15, 0.2) is 0 Å². The van der Waals surface area contributed by atoms with Crippen molar-refractivity contribution in [2.24, 2.45) is 0 Å². The van der Waals surface area contributed by atoms with Crippen LogP contribution >= 0.6 is 0 Å². The fourth-order valence-electron chi connectivity index (χ4n) is 3.06. The summed E-state index contributed by atoms with van der Waals surface area (Å²) in [5.41, 5.74) is 1.27. The van der Waals surface area contributed by atoms with E-state index in [4.69, 9.17) is 4.74 Å². The van der Waals surface area contributed by atoms with Gasteiger partial charge in [-0.3, -0.25) is 9.69 Å². The topological polar surface area (TPSA) is 73.8 Å². The minimum Gasteiger partial charge on any atom is -0.379 e. The SMILES string of the molecule is Cc1cc(C(=O)NCCN2CCOCC2)nc(N2CCN(C)CC2)n1. The predicted octanol–water partition coefficient (Wildman–Crippen LogP) is -0.401. The van der Waals surface area contributed by atoms with Crippen LogP contribution in [-0.4, -0.2) is 98.3 Å². The lowest BCUT2D eigenvalue weighted by Gasteiger charge is -2.32. The molecular formula is C17H28N6O2. The molecule has 1 aromatic heterocycles. The van der Waals surface area contributed by atoms with Gasteiger partial charge in [-0.2, -0.15) is 0 Å². The van der Waals surface area contributed by atoms with Gasteiger partial charge in [-0.25, -0.2) is 9.97 Å². The number of morpholine rings is 1. The van der Waals surface area contributed by atoms with Gasteiger partial charge in [0.25, 0.3) is 5.91 Å². The lowest BCUT2D eigenvalue weighted by molar-refractivity contribution is 0.0383. The van der Waals surface area contributed by atoms with E-state index in [0.29, 0.717) is 18.2 Å². The number of likely N-dealkylation sites (N-methyl/N-ethyl adjacent to an activating group) is 1. The maximum atomic E-state index is 12.5. The van der Waals surface area contributed by atoms with E-state index >= 15 is 0 Å². The van der Waals surface area contributed by atoms with E-state index in [1.54, 1.807) is 6.07 Å². The summed E-state index contributed by atoms with van der Waals surface area (Å²) in [6.07, 6.45) is 0. The first kappa shape index (κ1) is 18.0. The number of piperazine rings is 1. The van der Waals surface area contributed by atoms with Crippen LogP contribution in [-0.2, 0) is 4.74 Å². The minimum absolute atomic E-state index is 0.130. The molecule has 0 radical (unpaired) electrons. The summed E-state index contributed by atoms with van der Waals surface area (Å²) in [6, 6.07) is 1.75. The van der Waals surface area contributed by atoms with E-state index in [0.717, 1.165) is 64.7 Å². The van der Waals surface area contributed by atoms with Crippen LogP contribution in [0.1, 0.15) is 16.2 Å². The number of aromatic nitrogens is 2. The number of hydrogen-bond donors (Lipinski definition) is 1. The van der Waals surface area contributed by atoms with E-state index in [9.17, 15) is 4.79 Å². The number of aryl methyl sites for hydroxylation is 1. The molecule has 2 fully saturated rings. The van der Waals surface area contributed by atoms with Crippen molar-refractivity contribution >= 4 is 11.9 Å². The first-order valence-corrected chi connectivity index (χ1v) is 8.99. The van der Waals surface area contributed by atoms with Gasteiger partial charge in [-0.15, -0.1) is 0 Å². The van der Waals surface area contributed by atoms with Crippen LogP contribution in [0.25, 0.3) is 0 Å². The molecular weight excluding hydrogens is 320 g/mol. The molecule has 2 aliphatic rings. The molecule has 138 valence electrons. The molecule has 0 aromatic carbocycles. The quantitative estimate of drug-likeness (QED) is 0.776. The zero-order chi connectivity index (χ0) is 17.6. The zero-order valence-corrected chi connectivity index (χ0v) is 15.2. The van der Waals surface area contributed by atoms with Crippen LogP contribution in [0.2, 0.25) is 0 Å². The van der Waals surface area contributed by atoms with Gasteiger partial charge in [0.1, 0.15) is 5.69 Å². The molecule has 2 aliphatic heterocycles. The number of amides is 1. The Balaban J connectivity index is 1.56. The molecule has 1 N–H and O–H groups in total. The van der Waals surface area contributed by atoms with Gasteiger partial charge < -0.3 is 19.9 Å². The summed E-state index contributed by atoms with van der Waals surface area (Å²) in [7, 11) is 2.11. The highest BCUT2D eigenvalue weighted by molar-refractivity contribution is 5.92. The van der Waals surface area contributed by atoms with Gasteiger partial charge >= 0.3 is 0 Å². The monoisotopic (exact) mass is 348 g/mol. The lowest BCUT2D eigenvalue weighted by atomic mass is 10.3. The molecule has 25 heavy (non-hydrogen) atoms. The molecule has 3 heterocycles. The summed E-state index contributed by atoms with van der Waals surface area (Å²) >= 11 is 0. The van der Waals surface area contributed by atoms with E-state index in [2.05, 4.69) is 37.0 Å². The van der Waals surface area contributed by atoms with Crippen molar-refractivity contribution in [2.45, 2.75) is 6.92 Å². The second-order valence-corrected chi connectivity index (χ2v) is 6.69. The molecule has 8 heteroatoms. The van der Waals surface area contributed by atoms with Gasteiger partial charge in [0.05, 0.1) is 13.2 Å². The molecule has 2 saturated heterocycles. The average molecular weight is 348 g/mol. The Hall–Kier alpha value is -1.77. The van der Waals surface area contributed by atoms with Crippen LogP contribution < -0.4 is 10.2 Å². The predicted molar refractivity (Wildman–Crippen MR) is 96.1 cm³/mol. The highest BCUT2D eigenvalue weighted by Crippen LogP contribution is 2.12. The Morgan fingerprint density at radius 2 is 1.88 bits per heavy atom. The number of nitrogens with zero attached hydrogens (tertiary/aromatic N) is 5. The largest absolute Gasteiger partial charge is 0.379 e. The van der Waals surface area contributed by atoms with Crippen LogP contribution in [0.3, 0.4) is 0 Å². The Morgan fingerprint density at radius 3 is 2.60 bits per heavy atom. The zero-order valence-electron chi connectivity index (χ0n) is 15.2. The second-order valence-electron chi connectivity index (χ2n) is 6.69. The highest BCUT2D eigenvalue weighted by atomic mass is 16.5. The lowest BCUT2D eigenvalue weighted by Crippen LogP contribution is -2.45. The number of carbonyl (C=O) groups is 1. The number of hydrogen-bond acceptors (Lipinski definition) is 7. The molecule has 1 aromatic rings. The second kappa shape index (κ2) is 8.55. The Morgan fingerprint density at radius 1 is 1.16 bits per heavy atom. The molecule has 0 aliphatic carbocycles. The molecule has 3 rings (SSSR count). The number of anilines is 1. The van der Waals surface area contributed by atoms with Crippen molar-refractivity contribution in [3.8, 4) is 0 Å². The van der Waals surface area contributed by atoms with E-state index < -0.39 is 0 Å².